The van der Waals surface area contributed by atoms with Gasteiger partial charge < -0.3 is 0 Å². The SMILES string of the molecule is CC1(C)c2ccccc2-c2c1ccc1c2-c2cc(-c3ccc(-c4c5ccccc5c(-c5ccc6ccccc6c5)c5ccccc45)cc3)ccc2C1(C)C. The molecule has 9 aromatic carbocycles. The van der Waals surface area contributed by atoms with Gasteiger partial charge in [-0.15, -0.1) is 0 Å². The van der Waals surface area contributed by atoms with E-state index in [-0.39, 0.29) is 10.8 Å². The van der Waals surface area contributed by atoms with Crippen molar-refractivity contribution < 1.29 is 0 Å². The molecule has 256 valence electrons. The van der Waals surface area contributed by atoms with Gasteiger partial charge in [0.05, 0.1) is 0 Å². The summed E-state index contributed by atoms with van der Waals surface area (Å²) in [7, 11) is 0. The average Bonchev–Trinajstić information content (AvgIpc) is 3.59. The van der Waals surface area contributed by atoms with Crippen LogP contribution >= 0.6 is 0 Å². The molecule has 0 N–H and O–H groups in total. The molecule has 2 aliphatic rings. The van der Waals surface area contributed by atoms with E-state index in [2.05, 4.69) is 198 Å². The molecule has 9 aromatic rings. The second-order valence-electron chi connectivity index (χ2n) is 16.4. The molecule has 0 radical (unpaired) electrons. The number of hydrogen-bond acceptors (Lipinski definition) is 0. The van der Waals surface area contributed by atoms with Crippen LogP contribution < -0.4 is 0 Å². The fourth-order valence-electron chi connectivity index (χ4n) is 10.1. The van der Waals surface area contributed by atoms with E-state index in [0.717, 1.165) is 0 Å². The number of fused-ring (bicyclic) bond motifs is 10. The van der Waals surface area contributed by atoms with Gasteiger partial charge in [0.1, 0.15) is 0 Å². The van der Waals surface area contributed by atoms with Crippen molar-refractivity contribution in [3.8, 4) is 55.6 Å². The van der Waals surface area contributed by atoms with Crippen LogP contribution in [0.2, 0.25) is 0 Å². The molecule has 54 heavy (non-hydrogen) atoms. The number of hydrogen-bond donors (Lipinski definition) is 0. The molecule has 2 aliphatic carbocycles. The maximum absolute atomic E-state index is 2.47. The zero-order chi connectivity index (χ0) is 36.3. The minimum absolute atomic E-state index is 0.0245. The lowest BCUT2D eigenvalue weighted by atomic mass is 9.79. The highest BCUT2D eigenvalue weighted by atomic mass is 14.5. The minimum Gasteiger partial charge on any atom is -0.0619 e. The highest BCUT2D eigenvalue weighted by Gasteiger charge is 2.43. The molecule has 0 nitrogen and oxygen atoms in total. The van der Waals surface area contributed by atoms with Crippen LogP contribution in [0.5, 0.6) is 0 Å². The van der Waals surface area contributed by atoms with Crippen molar-refractivity contribution in [2.45, 2.75) is 38.5 Å². The highest BCUT2D eigenvalue weighted by Crippen LogP contribution is 2.59. The molecular formula is C54H40. The molecule has 0 bridgehead atoms. The van der Waals surface area contributed by atoms with Crippen molar-refractivity contribution in [2.24, 2.45) is 0 Å². The molecule has 0 fully saturated rings. The first-order chi connectivity index (χ1) is 26.3. The molecule has 11 rings (SSSR count). The van der Waals surface area contributed by atoms with Crippen molar-refractivity contribution in [1.29, 1.82) is 0 Å². The van der Waals surface area contributed by atoms with Crippen LogP contribution in [0.4, 0.5) is 0 Å². The normalized spacial score (nSPS) is 14.6. The van der Waals surface area contributed by atoms with Crippen LogP contribution in [0.15, 0.2) is 170 Å². The summed E-state index contributed by atoms with van der Waals surface area (Å²) in [5, 5.41) is 7.65. The van der Waals surface area contributed by atoms with E-state index in [1.165, 1.54) is 110 Å². The average molecular weight is 689 g/mol. The van der Waals surface area contributed by atoms with Crippen molar-refractivity contribution >= 4 is 32.3 Å². The Bertz CT molecular complexity index is 2970. The smallest absolute Gasteiger partial charge is 0.0159 e. The van der Waals surface area contributed by atoms with Crippen molar-refractivity contribution in [1.82, 2.24) is 0 Å². The topological polar surface area (TPSA) is 0 Å². The lowest BCUT2D eigenvalue weighted by Gasteiger charge is -2.24. The maximum Gasteiger partial charge on any atom is 0.0159 e. The second-order valence-corrected chi connectivity index (χ2v) is 16.4. The summed E-state index contributed by atoms with van der Waals surface area (Å²) in [6.45, 7) is 9.55. The number of rotatable bonds is 3. The first-order valence-electron chi connectivity index (χ1n) is 19.3. The minimum atomic E-state index is -0.0646. The summed E-state index contributed by atoms with van der Waals surface area (Å²) in [6.07, 6.45) is 0. The van der Waals surface area contributed by atoms with Gasteiger partial charge in [-0.2, -0.15) is 0 Å². The fraction of sp³-hybridized carbons (Fsp3) is 0.111. The Labute approximate surface area is 317 Å². The molecule has 0 atom stereocenters. The predicted octanol–water partition coefficient (Wildman–Crippen LogP) is 14.8. The number of benzene rings is 9. The summed E-state index contributed by atoms with van der Waals surface area (Å²) in [6, 6.07) is 63.8. The summed E-state index contributed by atoms with van der Waals surface area (Å²) in [5.74, 6) is 0. The van der Waals surface area contributed by atoms with Crippen molar-refractivity contribution in [3.63, 3.8) is 0 Å². The Hall–Kier alpha value is -6.24. The summed E-state index contributed by atoms with van der Waals surface area (Å²) in [5.41, 5.74) is 18.8. The van der Waals surface area contributed by atoms with Crippen molar-refractivity contribution in [2.75, 3.05) is 0 Å². The molecule has 0 aliphatic heterocycles. The Morgan fingerprint density at radius 3 is 1.37 bits per heavy atom. The second kappa shape index (κ2) is 11.1. The predicted molar refractivity (Wildman–Crippen MR) is 230 cm³/mol. The van der Waals surface area contributed by atoms with Gasteiger partial charge in [0.15, 0.2) is 0 Å². The summed E-state index contributed by atoms with van der Waals surface area (Å²) < 4.78 is 0. The lowest BCUT2D eigenvalue weighted by molar-refractivity contribution is 0.651. The zero-order valence-corrected chi connectivity index (χ0v) is 31.2. The molecular weight excluding hydrogens is 649 g/mol. The molecule has 0 saturated heterocycles. The van der Waals surface area contributed by atoms with Gasteiger partial charge in [-0.25, -0.2) is 0 Å². The Kier molecular flexibility index (Phi) is 6.46. The van der Waals surface area contributed by atoms with E-state index < -0.39 is 0 Å². The van der Waals surface area contributed by atoms with Gasteiger partial charge in [-0.1, -0.05) is 185 Å². The third-order valence-corrected chi connectivity index (χ3v) is 12.9. The highest BCUT2D eigenvalue weighted by molar-refractivity contribution is 6.21. The molecule has 0 heteroatoms. The Morgan fingerprint density at radius 1 is 0.278 bits per heavy atom. The van der Waals surface area contributed by atoms with Crippen LogP contribution in [0.3, 0.4) is 0 Å². The van der Waals surface area contributed by atoms with Crippen LogP contribution in [0, 0.1) is 0 Å². The van der Waals surface area contributed by atoms with E-state index in [1.807, 2.05) is 0 Å². The lowest BCUT2D eigenvalue weighted by Crippen LogP contribution is -2.17. The molecule has 0 spiro atoms. The Balaban J connectivity index is 1.06. The quantitative estimate of drug-likeness (QED) is 0.162. The Morgan fingerprint density at radius 2 is 0.722 bits per heavy atom. The van der Waals surface area contributed by atoms with Crippen LogP contribution in [-0.2, 0) is 10.8 Å². The summed E-state index contributed by atoms with van der Waals surface area (Å²) in [4.78, 5) is 0. The zero-order valence-electron chi connectivity index (χ0n) is 31.2. The monoisotopic (exact) mass is 688 g/mol. The van der Waals surface area contributed by atoms with Gasteiger partial charge in [-0.3, -0.25) is 0 Å². The van der Waals surface area contributed by atoms with E-state index >= 15 is 0 Å². The third kappa shape index (κ3) is 4.26. The maximum atomic E-state index is 2.47. The standard InChI is InChI=1S/C54H40/c1-53(2)45-20-12-11-19-43(45)51-47(53)29-30-48-52(51)44-32-37(27-28-46(44)54(48,3)4)34-21-24-35(25-22-34)49-39-15-7-9-17-41(39)50(42-18-10-8-16-40(42)49)38-26-23-33-13-5-6-14-36(33)31-38/h5-32H,1-4H3. The van der Waals surface area contributed by atoms with Gasteiger partial charge in [-0.05, 0) is 122 Å². The molecule has 0 saturated carbocycles. The molecule has 0 unspecified atom stereocenters. The first-order valence-corrected chi connectivity index (χ1v) is 19.3. The third-order valence-electron chi connectivity index (χ3n) is 12.9. The van der Waals surface area contributed by atoms with E-state index in [4.69, 9.17) is 0 Å². The fourth-order valence-corrected chi connectivity index (χ4v) is 10.1. The van der Waals surface area contributed by atoms with Gasteiger partial charge in [0, 0.05) is 10.8 Å². The van der Waals surface area contributed by atoms with Gasteiger partial charge in [0.25, 0.3) is 0 Å². The first kappa shape index (κ1) is 31.3. The largest absolute Gasteiger partial charge is 0.0619 e. The van der Waals surface area contributed by atoms with Crippen LogP contribution in [-0.4, -0.2) is 0 Å². The van der Waals surface area contributed by atoms with E-state index in [9.17, 15) is 0 Å². The van der Waals surface area contributed by atoms with E-state index in [0.29, 0.717) is 0 Å². The molecule has 0 aromatic heterocycles. The van der Waals surface area contributed by atoms with Crippen LogP contribution in [0.1, 0.15) is 49.9 Å². The van der Waals surface area contributed by atoms with Gasteiger partial charge >= 0.3 is 0 Å². The molecule has 0 heterocycles. The molecule has 0 amide bonds. The van der Waals surface area contributed by atoms with Gasteiger partial charge in [0.2, 0.25) is 0 Å². The van der Waals surface area contributed by atoms with Crippen LogP contribution in [0.25, 0.3) is 88.0 Å². The summed E-state index contributed by atoms with van der Waals surface area (Å²) >= 11 is 0. The van der Waals surface area contributed by atoms with Crippen molar-refractivity contribution in [3.05, 3.63) is 192 Å². The van der Waals surface area contributed by atoms with E-state index in [1.54, 1.807) is 0 Å².